The fraction of sp³-hybridized carbons (Fsp3) is 0.923. The number of likely N-dealkylation sites (tertiary alicyclic amines) is 1. The molecule has 2 atom stereocenters. The maximum absolute atomic E-state index is 12.3. The Labute approximate surface area is 133 Å². The summed E-state index contributed by atoms with van der Waals surface area (Å²) in [6, 6.07) is 0.833. The van der Waals surface area contributed by atoms with Crippen molar-refractivity contribution in [2.75, 3.05) is 31.9 Å². The van der Waals surface area contributed by atoms with Crippen LogP contribution >= 0.6 is 12.4 Å². The SMILES string of the molecule is CCN(CC)S(=O)(=O)CC(=O)N1CCC2CCC(C1)N2.Cl. The molecule has 8 heteroatoms. The van der Waals surface area contributed by atoms with Gasteiger partial charge in [0.05, 0.1) is 0 Å². The molecule has 2 bridgehead atoms. The zero-order chi connectivity index (χ0) is 14.8. The molecule has 2 fully saturated rings. The van der Waals surface area contributed by atoms with Gasteiger partial charge in [0.2, 0.25) is 15.9 Å². The van der Waals surface area contributed by atoms with Gasteiger partial charge in [0, 0.05) is 38.3 Å². The maximum atomic E-state index is 12.3. The molecule has 1 amide bonds. The monoisotopic (exact) mass is 339 g/mol. The summed E-state index contributed by atoms with van der Waals surface area (Å²) < 4.78 is 25.7. The number of carbonyl (C=O) groups is 1. The van der Waals surface area contributed by atoms with Crippen molar-refractivity contribution in [3.8, 4) is 0 Å². The topological polar surface area (TPSA) is 69.7 Å². The van der Waals surface area contributed by atoms with E-state index in [1.165, 1.54) is 10.7 Å². The molecule has 0 saturated carbocycles. The molecular weight excluding hydrogens is 314 g/mol. The molecule has 2 aliphatic heterocycles. The smallest absolute Gasteiger partial charge is 0.239 e. The minimum absolute atomic E-state index is 0. The molecule has 21 heavy (non-hydrogen) atoms. The van der Waals surface area contributed by atoms with Gasteiger partial charge in [-0.05, 0) is 19.3 Å². The Hall–Kier alpha value is -0.370. The number of hydrogen-bond donors (Lipinski definition) is 1. The van der Waals surface area contributed by atoms with Crippen LogP contribution in [-0.4, -0.2) is 67.5 Å². The molecule has 0 radical (unpaired) electrons. The van der Waals surface area contributed by atoms with Gasteiger partial charge >= 0.3 is 0 Å². The van der Waals surface area contributed by atoms with Crippen LogP contribution in [0.15, 0.2) is 0 Å². The van der Waals surface area contributed by atoms with Crippen molar-refractivity contribution in [2.45, 2.75) is 45.2 Å². The van der Waals surface area contributed by atoms with Gasteiger partial charge in [0.25, 0.3) is 0 Å². The quantitative estimate of drug-likeness (QED) is 0.788. The molecule has 0 aromatic carbocycles. The summed E-state index contributed by atoms with van der Waals surface area (Å²) in [5, 5.41) is 3.49. The van der Waals surface area contributed by atoms with Crippen molar-refractivity contribution < 1.29 is 13.2 Å². The summed E-state index contributed by atoms with van der Waals surface area (Å²) in [5.41, 5.74) is 0. The standard InChI is InChI=1S/C13H25N3O3S.ClH/c1-3-16(4-2)20(18,19)10-13(17)15-8-7-11-5-6-12(9-15)14-11;/h11-12,14H,3-10H2,1-2H3;1H. The Morgan fingerprint density at radius 3 is 2.43 bits per heavy atom. The van der Waals surface area contributed by atoms with E-state index in [-0.39, 0.29) is 18.3 Å². The van der Waals surface area contributed by atoms with Crippen molar-refractivity contribution in [2.24, 2.45) is 0 Å². The second-order valence-corrected chi connectivity index (χ2v) is 7.58. The molecule has 6 nitrogen and oxygen atoms in total. The predicted molar refractivity (Wildman–Crippen MR) is 85.1 cm³/mol. The Morgan fingerprint density at radius 2 is 1.81 bits per heavy atom. The summed E-state index contributed by atoms with van der Waals surface area (Å²) in [6.45, 7) is 5.72. The van der Waals surface area contributed by atoms with E-state index in [0.717, 1.165) is 12.8 Å². The lowest BCUT2D eigenvalue weighted by Gasteiger charge is -2.26. The number of sulfonamides is 1. The molecule has 0 spiro atoms. The fourth-order valence-corrected chi connectivity index (χ4v) is 4.59. The van der Waals surface area contributed by atoms with E-state index >= 15 is 0 Å². The Morgan fingerprint density at radius 1 is 1.19 bits per heavy atom. The van der Waals surface area contributed by atoms with Crippen molar-refractivity contribution in [1.82, 2.24) is 14.5 Å². The Bertz CT molecular complexity index is 454. The molecule has 0 aliphatic carbocycles. The number of carbonyl (C=O) groups excluding carboxylic acids is 1. The molecule has 2 heterocycles. The van der Waals surface area contributed by atoms with Crippen molar-refractivity contribution in [1.29, 1.82) is 0 Å². The first-order valence-electron chi connectivity index (χ1n) is 7.48. The number of nitrogens with zero attached hydrogens (tertiary/aromatic N) is 2. The van der Waals surface area contributed by atoms with Crippen LogP contribution in [0.3, 0.4) is 0 Å². The van der Waals surface area contributed by atoms with Crippen LogP contribution < -0.4 is 5.32 Å². The predicted octanol–water partition coefficient (Wildman–Crippen LogP) is 0.433. The number of halogens is 1. The number of nitrogens with one attached hydrogen (secondary N) is 1. The highest BCUT2D eigenvalue weighted by atomic mass is 35.5. The van der Waals surface area contributed by atoms with Gasteiger partial charge in [-0.3, -0.25) is 4.79 Å². The third kappa shape index (κ3) is 4.55. The van der Waals surface area contributed by atoms with Gasteiger partial charge in [0.15, 0.2) is 0 Å². The molecular formula is C13H26ClN3O3S. The molecule has 0 aromatic heterocycles. The summed E-state index contributed by atoms with van der Waals surface area (Å²) in [7, 11) is -3.47. The first-order valence-corrected chi connectivity index (χ1v) is 9.08. The van der Waals surface area contributed by atoms with Gasteiger partial charge in [-0.15, -0.1) is 12.4 Å². The number of fused-ring (bicyclic) bond motifs is 2. The van der Waals surface area contributed by atoms with E-state index in [1.54, 1.807) is 18.7 Å². The third-order valence-electron chi connectivity index (χ3n) is 4.28. The third-order valence-corrected chi connectivity index (χ3v) is 6.20. The van der Waals surface area contributed by atoms with E-state index in [0.29, 0.717) is 38.3 Å². The lowest BCUT2D eigenvalue weighted by Crippen LogP contribution is -2.44. The number of amides is 1. The second kappa shape index (κ2) is 7.76. The molecule has 1 N–H and O–H groups in total. The Kier molecular flexibility index (Phi) is 6.90. The molecule has 0 aromatic rings. The lowest BCUT2D eigenvalue weighted by atomic mass is 10.1. The van der Waals surface area contributed by atoms with Gasteiger partial charge in [-0.1, -0.05) is 13.8 Å². The average Bonchev–Trinajstić information content (AvgIpc) is 2.69. The zero-order valence-corrected chi connectivity index (χ0v) is 14.4. The van der Waals surface area contributed by atoms with Crippen LogP contribution in [0.2, 0.25) is 0 Å². The maximum Gasteiger partial charge on any atom is 0.239 e. The summed E-state index contributed by atoms with van der Waals surface area (Å²) in [5.74, 6) is -0.655. The first kappa shape index (κ1) is 18.7. The number of rotatable bonds is 5. The van der Waals surface area contributed by atoms with Crippen LogP contribution in [0.25, 0.3) is 0 Å². The summed E-state index contributed by atoms with van der Waals surface area (Å²) >= 11 is 0. The van der Waals surface area contributed by atoms with E-state index in [1.807, 2.05) is 0 Å². The summed E-state index contributed by atoms with van der Waals surface area (Å²) in [6.07, 6.45) is 3.18. The van der Waals surface area contributed by atoms with Gasteiger partial charge < -0.3 is 10.2 Å². The molecule has 2 unspecified atom stereocenters. The van der Waals surface area contributed by atoms with E-state index < -0.39 is 15.8 Å². The second-order valence-electron chi connectivity index (χ2n) is 5.61. The minimum Gasteiger partial charge on any atom is -0.340 e. The van der Waals surface area contributed by atoms with Crippen molar-refractivity contribution in [3.05, 3.63) is 0 Å². The highest BCUT2D eigenvalue weighted by molar-refractivity contribution is 7.89. The number of hydrogen-bond acceptors (Lipinski definition) is 4. The highest BCUT2D eigenvalue weighted by Gasteiger charge is 2.33. The van der Waals surface area contributed by atoms with Gasteiger partial charge in [-0.25, -0.2) is 12.7 Å². The largest absolute Gasteiger partial charge is 0.340 e. The molecule has 2 saturated heterocycles. The van der Waals surface area contributed by atoms with Crippen LogP contribution in [0.4, 0.5) is 0 Å². The van der Waals surface area contributed by atoms with E-state index in [2.05, 4.69) is 5.32 Å². The van der Waals surface area contributed by atoms with Crippen LogP contribution in [-0.2, 0) is 14.8 Å². The lowest BCUT2D eigenvalue weighted by molar-refractivity contribution is -0.128. The molecule has 124 valence electrons. The normalized spacial score (nSPS) is 25.6. The zero-order valence-electron chi connectivity index (χ0n) is 12.7. The van der Waals surface area contributed by atoms with Crippen LogP contribution in [0, 0.1) is 0 Å². The first-order chi connectivity index (χ1) is 9.46. The van der Waals surface area contributed by atoms with Crippen LogP contribution in [0.5, 0.6) is 0 Å². The van der Waals surface area contributed by atoms with Gasteiger partial charge in [-0.2, -0.15) is 0 Å². The van der Waals surface area contributed by atoms with Crippen LogP contribution in [0.1, 0.15) is 33.1 Å². The average molecular weight is 340 g/mol. The fourth-order valence-electron chi connectivity index (χ4n) is 3.13. The highest BCUT2D eigenvalue weighted by Crippen LogP contribution is 2.20. The summed E-state index contributed by atoms with van der Waals surface area (Å²) in [4.78, 5) is 14.0. The van der Waals surface area contributed by atoms with Crippen molar-refractivity contribution in [3.63, 3.8) is 0 Å². The minimum atomic E-state index is -3.47. The molecule has 2 rings (SSSR count). The van der Waals surface area contributed by atoms with Crippen molar-refractivity contribution >= 4 is 28.3 Å². The Balaban J connectivity index is 0.00000220. The van der Waals surface area contributed by atoms with Gasteiger partial charge in [0.1, 0.15) is 5.75 Å². The molecule has 2 aliphatic rings. The van der Waals surface area contributed by atoms with E-state index in [9.17, 15) is 13.2 Å². The van der Waals surface area contributed by atoms with E-state index in [4.69, 9.17) is 0 Å².